The molecule has 1 saturated heterocycles. The Balaban J connectivity index is 1.89. The van der Waals surface area contributed by atoms with Crippen molar-refractivity contribution in [2.24, 2.45) is 5.92 Å². The van der Waals surface area contributed by atoms with Gasteiger partial charge in [-0.15, -0.1) is 0 Å². The predicted molar refractivity (Wildman–Crippen MR) is 82.8 cm³/mol. The van der Waals surface area contributed by atoms with E-state index >= 15 is 0 Å². The van der Waals surface area contributed by atoms with E-state index in [-0.39, 0.29) is 5.91 Å². The van der Waals surface area contributed by atoms with Gasteiger partial charge in [-0.2, -0.15) is 0 Å². The van der Waals surface area contributed by atoms with Gasteiger partial charge < -0.3 is 10.2 Å². The van der Waals surface area contributed by atoms with Gasteiger partial charge in [-0.3, -0.25) is 4.79 Å². The molecule has 1 aromatic rings. The lowest BCUT2D eigenvalue weighted by Gasteiger charge is -2.32. The molecule has 0 bridgehead atoms. The summed E-state index contributed by atoms with van der Waals surface area (Å²) in [5.74, 6) is 0.884. The van der Waals surface area contributed by atoms with E-state index in [0.717, 1.165) is 38.0 Å². The summed E-state index contributed by atoms with van der Waals surface area (Å²) in [4.78, 5) is 14.4. The van der Waals surface area contributed by atoms with Gasteiger partial charge in [0.25, 0.3) is 0 Å². The average molecular weight is 274 g/mol. The number of likely N-dealkylation sites (tertiary alicyclic amines) is 1. The number of benzene rings is 1. The van der Waals surface area contributed by atoms with Crippen LogP contribution in [0.5, 0.6) is 0 Å². The van der Waals surface area contributed by atoms with Crippen molar-refractivity contribution in [3.8, 4) is 0 Å². The van der Waals surface area contributed by atoms with Crippen molar-refractivity contribution in [3.05, 3.63) is 35.4 Å². The number of rotatable bonds is 5. The second kappa shape index (κ2) is 7.44. The third-order valence-electron chi connectivity index (χ3n) is 4.15. The Morgan fingerprint density at radius 1 is 1.30 bits per heavy atom. The number of carbonyl (C=O) groups is 1. The van der Waals surface area contributed by atoms with Crippen LogP contribution in [0.3, 0.4) is 0 Å². The fraction of sp³-hybridized carbons (Fsp3) is 0.588. The summed E-state index contributed by atoms with van der Waals surface area (Å²) in [6, 6.07) is 8.43. The first kappa shape index (κ1) is 15.0. The lowest BCUT2D eigenvalue weighted by molar-refractivity contribution is -0.132. The van der Waals surface area contributed by atoms with Crippen LogP contribution in [0.1, 0.15) is 30.9 Å². The van der Waals surface area contributed by atoms with Gasteiger partial charge in [0.05, 0.1) is 6.42 Å². The highest BCUT2D eigenvalue weighted by Crippen LogP contribution is 2.17. The molecular weight excluding hydrogens is 248 g/mol. The van der Waals surface area contributed by atoms with E-state index in [1.165, 1.54) is 12.0 Å². The highest BCUT2D eigenvalue weighted by molar-refractivity contribution is 5.78. The van der Waals surface area contributed by atoms with Crippen molar-refractivity contribution in [1.82, 2.24) is 10.2 Å². The molecule has 2 rings (SSSR count). The molecule has 1 aliphatic rings. The van der Waals surface area contributed by atoms with Crippen molar-refractivity contribution in [1.29, 1.82) is 0 Å². The number of nitrogens with one attached hydrogen (secondary N) is 1. The minimum atomic E-state index is 0.273. The first-order chi connectivity index (χ1) is 9.72. The van der Waals surface area contributed by atoms with Crippen LogP contribution in [0, 0.1) is 5.92 Å². The molecule has 3 heteroatoms. The number of hydrogen-bond donors (Lipinski definition) is 1. The van der Waals surface area contributed by atoms with Crippen LogP contribution in [-0.2, 0) is 17.6 Å². The van der Waals surface area contributed by atoms with Crippen LogP contribution in [0.15, 0.2) is 24.3 Å². The molecular formula is C17H26N2O. The fourth-order valence-corrected chi connectivity index (χ4v) is 2.93. The Hall–Kier alpha value is -1.35. The van der Waals surface area contributed by atoms with E-state index in [1.54, 1.807) is 0 Å². The fourth-order valence-electron chi connectivity index (χ4n) is 2.93. The van der Waals surface area contributed by atoms with E-state index in [2.05, 4.69) is 36.5 Å². The molecule has 0 saturated carbocycles. The average Bonchev–Trinajstić information content (AvgIpc) is 2.48. The summed E-state index contributed by atoms with van der Waals surface area (Å²) >= 11 is 0. The smallest absolute Gasteiger partial charge is 0.226 e. The molecule has 1 amide bonds. The van der Waals surface area contributed by atoms with E-state index in [9.17, 15) is 4.79 Å². The zero-order valence-corrected chi connectivity index (χ0v) is 12.7. The van der Waals surface area contributed by atoms with E-state index < -0.39 is 0 Å². The van der Waals surface area contributed by atoms with Crippen LogP contribution in [0.2, 0.25) is 0 Å². The first-order valence-corrected chi connectivity index (χ1v) is 7.73. The number of piperidine rings is 1. The minimum Gasteiger partial charge on any atom is -0.342 e. The Morgan fingerprint density at radius 2 is 2.00 bits per heavy atom. The Morgan fingerprint density at radius 3 is 2.65 bits per heavy atom. The monoisotopic (exact) mass is 274 g/mol. The molecule has 0 radical (unpaired) electrons. The maximum Gasteiger partial charge on any atom is 0.226 e. The summed E-state index contributed by atoms with van der Waals surface area (Å²) in [5.41, 5.74) is 2.45. The number of carbonyl (C=O) groups excluding carboxylic acids is 1. The zero-order chi connectivity index (χ0) is 14.4. The molecule has 20 heavy (non-hydrogen) atoms. The van der Waals surface area contributed by atoms with Gasteiger partial charge >= 0.3 is 0 Å². The third kappa shape index (κ3) is 4.07. The molecule has 3 nitrogen and oxygen atoms in total. The molecule has 0 aromatic heterocycles. The third-order valence-corrected chi connectivity index (χ3v) is 4.15. The van der Waals surface area contributed by atoms with Gasteiger partial charge in [-0.25, -0.2) is 0 Å². The Kier molecular flexibility index (Phi) is 5.60. The first-order valence-electron chi connectivity index (χ1n) is 7.73. The molecule has 0 spiro atoms. The number of hydrogen-bond acceptors (Lipinski definition) is 2. The van der Waals surface area contributed by atoms with Crippen molar-refractivity contribution in [2.45, 2.75) is 32.6 Å². The van der Waals surface area contributed by atoms with E-state index in [1.807, 2.05) is 11.9 Å². The SMILES string of the molecule is CCc1ccc(CC(=O)N2CCCC(CNC)C2)cc1. The summed E-state index contributed by atoms with van der Waals surface area (Å²) in [6.45, 7) is 4.99. The van der Waals surface area contributed by atoms with Gasteiger partial charge in [0, 0.05) is 13.1 Å². The maximum atomic E-state index is 12.4. The highest BCUT2D eigenvalue weighted by Gasteiger charge is 2.22. The highest BCUT2D eigenvalue weighted by atomic mass is 16.2. The second-order valence-electron chi connectivity index (χ2n) is 5.75. The van der Waals surface area contributed by atoms with Gasteiger partial charge in [-0.05, 0) is 49.9 Å². The summed E-state index contributed by atoms with van der Waals surface area (Å²) in [6.07, 6.45) is 3.95. The zero-order valence-electron chi connectivity index (χ0n) is 12.7. The minimum absolute atomic E-state index is 0.273. The van der Waals surface area contributed by atoms with Crippen molar-refractivity contribution in [2.75, 3.05) is 26.7 Å². The molecule has 1 atom stereocenters. The lowest BCUT2D eigenvalue weighted by Crippen LogP contribution is -2.43. The standard InChI is InChI=1S/C17H26N2O/c1-3-14-6-8-15(9-7-14)11-17(20)19-10-4-5-16(13-19)12-18-2/h6-9,16,18H,3-5,10-13H2,1-2H3. The van der Waals surface area contributed by atoms with Crippen molar-refractivity contribution < 1.29 is 4.79 Å². The molecule has 1 unspecified atom stereocenters. The molecule has 110 valence electrons. The summed E-state index contributed by atoms with van der Waals surface area (Å²) in [5, 5.41) is 3.22. The molecule has 1 fully saturated rings. The van der Waals surface area contributed by atoms with Crippen LogP contribution in [0.4, 0.5) is 0 Å². The maximum absolute atomic E-state index is 12.4. The molecule has 1 aromatic carbocycles. The largest absolute Gasteiger partial charge is 0.342 e. The normalized spacial score (nSPS) is 19.1. The van der Waals surface area contributed by atoms with Crippen LogP contribution in [0.25, 0.3) is 0 Å². The van der Waals surface area contributed by atoms with Crippen molar-refractivity contribution >= 4 is 5.91 Å². The van der Waals surface area contributed by atoms with Gasteiger partial charge in [0.2, 0.25) is 5.91 Å². The quantitative estimate of drug-likeness (QED) is 0.893. The van der Waals surface area contributed by atoms with E-state index in [0.29, 0.717) is 12.3 Å². The molecule has 1 heterocycles. The van der Waals surface area contributed by atoms with Crippen molar-refractivity contribution in [3.63, 3.8) is 0 Å². The van der Waals surface area contributed by atoms with Gasteiger partial charge in [0.1, 0.15) is 0 Å². The number of nitrogens with zero attached hydrogens (tertiary/aromatic N) is 1. The predicted octanol–water partition coefficient (Wildman–Crippen LogP) is 2.25. The molecule has 1 N–H and O–H groups in total. The van der Waals surface area contributed by atoms with Crippen LogP contribution >= 0.6 is 0 Å². The van der Waals surface area contributed by atoms with Gasteiger partial charge in [-0.1, -0.05) is 31.2 Å². The van der Waals surface area contributed by atoms with E-state index in [4.69, 9.17) is 0 Å². The lowest BCUT2D eigenvalue weighted by atomic mass is 9.97. The Bertz CT molecular complexity index is 425. The molecule has 0 aliphatic carbocycles. The topological polar surface area (TPSA) is 32.3 Å². The van der Waals surface area contributed by atoms with Crippen LogP contribution < -0.4 is 5.32 Å². The number of aryl methyl sites for hydroxylation is 1. The molecule has 1 aliphatic heterocycles. The second-order valence-corrected chi connectivity index (χ2v) is 5.75. The number of amides is 1. The Labute approximate surface area is 122 Å². The summed E-state index contributed by atoms with van der Waals surface area (Å²) in [7, 11) is 1.98. The van der Waals surface area contributed by atoms with Gasteiger partial charge in [0.15, 0.2) is 0 Å². The summed E-state index contributed by atoms with van der Waals surface area (Å²) < 4.78 is 0. The van der Waals surface area contributed by atoms with Crippen LogP contribution in [-0.4, -0.2) is 37.5 Å².